The molecule has 2 saturated heterocycles. The number of esters is 1. The lowest BCUT2D eigenvalue weighted by molar-refractivity contribution is -0.136. The van der Waals surface area contributed by atoms with Gasteiger partial charge in [0.05, 0.1) is 31.5 Å². The number of imide groups is 1. The third-order valence-corrected chi connectivity index (χ3v) is 5.87. The normalized spacial score (nSPS) is 20.8. The first kappa shape index (κ1) is 20.9. The summed E-state index contributed by atoms with van der Waals surface area (Å²) < 4.78 is 4.79. The summed E-state index contributed by atoms with van der Waals surface area (Å²) in [5.74, 6) is -1.33. The Balaban J connectivity index is 1.65. The van der Waals surface area contributed by atoms with Crippen LogP contribution >= 0.6 is 0 Å². The number of rotatable bonds is 6. The predicted molar refractivity (Wildman–Crippen MR) is 110 cm³/mol. The molecule has 1 aromatic rings. The fourth-order valence-corrected chi connectivity index (χ4v) is 4.27. The average molecular weight is 428 g/mol. The van der Waals surface area contributed by atoms with Crippen molar-refractivity contribution in [2.75, 3.05) is 43.6 Å². The lowest BCUT2D eigenvalue weighted by atomic mass is 10.1. The van der Waals surface area contributed by atoms with Crippen LogP contribution in [-0.2, 0) is 19.1 Å². The molecule has 2 fully saturated rings. The first-order valence-corrected chi connectivity index (χ1v) is 10.1. The van der Waals surface area contributed by atoms with E-state index < -0.39 is 17.9 Å². The molecule has 0 spiro atoms. The Morgan fingerprint density at radius 1 is 1.29 bits per heavy atom. The van der Waals surface area contributed by atoms with Gasteiger partial charge in [-0.1, -0.05) is 6.07 Å². The zero-order chi connectivity index (χ0) is 22.3. The number of ether oxygens (including phenoxy) is 1. The van der Waals surface area contributed by atoms with Gasteiger partial charge in [0.2, 0.25) is 0 Å². The third-order valence-electron chi connectivity index (χ3n) is 5.87. The third kappa shape index (κ3) is 3.42. The second kappa shape index (κ2) is 8.03. The summed E-state index contributed by atoms with van der Waals surface area (Å²) in [6, 6.07) is 4.31. The van der Waals surface area contributed by atoms with Crippen LogP contribution in [0.2, 0.25) is 0 Å². The maximum atomic E-state index is 12.8. The van der Waals surface area contributed by atoms with Crippen LogP contribution in [0, 0.1) is 6.92 Å². The number of nitrogens with one attached hydrogen (secondary N) is 1. The van der Waals surface area contributed by atoms with Gasteiger partial charge < -0.3 is 25.0 Å². The molecule has 1 aromatic carbocycles. The number of benzene rings is 1. The van der Waals surface area contributed by atoms with Gasteiger partial charge in [0.15, 0.2) is 0 Å². The van der Waals surface area contributed by atoms with Crippen molar-refractivity contribution >= 4 is 35.2 Å². The number of hydrogen-bond acceptors (Lipinski definition) is 7. The molecule has 0 aromatic heterocycles. The molecule has 4 amide bonds. The van der Waals surface area contributed by atoms with Crippen LogP contribution < -0.4 is 10.2 Å². The molecule has 2 N–H and O–H groups in total. The van der Waals surface area contributed by atoms with Crippen LogP contribution in [0.25, 0.3) is 0 Å². The highest BCUT2D eigenvalue weighted by molar-refractivity contribution is 6.22. The summed E-state index contributed by atoms with van der Waals surface area (Å²) in [6.45, 7) is 2.22. The van der Waals surface area contributed by atoms with Crippen molar-refractivity contribution in [3.8, 4) is 0 Å². The maximum absolute atomic E-state index is 12.8. The average Bonchev–Trinajstić information content (AvgIpc) is 3.42. The molecule has 0 bridgehead atoms. The van der Waals surface area contributed by atoms with Gasteiger partial charge in [0.1, 0.15) is 11.7 Å². The number of nitrogens with zero attached hydrogens (tertiary/aromatic N) is 3. The summed E-state index contributed by atoms with van der Waals surface area (Å²) in [6.07, 6.45) is 1.47. The number of carbonyl (C=O) groups excluding carboxylic acids is 4. The maximum Gasteiger partial charge on any atom is 0.337 e. The molecule has 3 heterocycles. The van der Waals surface area contributed by atoms with E-state index in [1.54, 1.807) is 30.0 Å². The Morgan fingerprint density at radius 3 is 2.74 bits per heavy atom. The minimum absolute atomic E-state index is 0.0207. The quantitative estimate of drug-likeness (QED) is 0.503. The van der Waals surface area contributed by atoms with E-state index in [1.807, 2.05) is 0 Å². The molecule has 1 unspecified atom stereocenters. The van der Waals surface area contributed by atoms with Crippen LogP contribution in [0.15, 0.2) is 29.5 Å². The monoisotopic (exact) mass is 428 g/mol. The molecule has 3 aliphatic rings. The van der Waals surface area contributed by atoms with E-state index in [0.717, 1.165) is 12.0 Å². The van der Waals surface area contributed by atoms with Crippen LogP contribution in [0.4, 0.5) is 16.2 Å². The van der Waals surface area contributed by atoms with E-state index in [9.17, 15) is 24.3 Å². The first-order chi connectivity index (χ1) is 14.9. The number of β-amino-alcohol motifs (C(OH)–C–C–N with tert-alkyl or cyclic N) is 1. The summed E-state index contributed by atoms with van der Waals surface area (Å²) in [5.41, 5.74) is 1.82. The molecule has 3 aliphatic heterocycles. The van der Waals surface area contributed by atoms with Crippen LogP contribution in [-0.4, -0.2) is 78.1 Å². The second-order valence-corrected chi connectivity index (χ2v) is 7.73. The summed E-state index contributed by atoms with van der Waals surface area (Å²) >= 11 is 0. The Morgan fingerprint density at radius 2 is 2.06 bits per heavy atom. The fourth-order valence-electron chi connectivity index (χ4n) is 4.27. The number of anilines is 2. The van der Waals surface area contributed by atoms with Crippen molar-refractivity contribution in [3.05, 3.63) is 35.0 Å². The summed E-state index contributed by atoms with van der Waals surface area (Å²) in [4.78, 5) is 54.7. The van der Waals surface area contributed by atoms with Gasteiger partial charge in [-0.3, -0.25) is 9.59 Å². The molecule has 0 radical (unpaired) electrons. The molecule has 164 valence electrons. The Hall–Kier alpha value is -3.40. The SMILES string of the molecule is COC(=O)C1=C(Nc2ccc(C)c(N3C(=O)C4CCCN4C3=O)c2)C(=O)N(CCO)C1. The molecule has 4 rings (SSSR count). The van der Waals surface area contributed by atoms with E-state index in [4.69, 9.17) is 4.74 Å². The number of carbonyl (C=O) groups is 4. The lowest BCUT2D eigenvalue weighted by Crippen LogP contribution is -2.33. The van der Waals surface area contributed by atoms with Crippen molar-refractivity contribution in [3.63, 3.8) is 0 Å². The smallest absolute Gasteiger partial charge is 0.337 e. The van der Waals surface area contributed by atoms with Gasteiger partial charge >= 0.3 is 12.0 Å². The van der Waals surface area contributed by atoms with E-state index in [2.05, 4.69) is 5.32 Å². The van der Waals surface area contributed by atoms with Crippen LogP contribution in [0.3, 0.4) is 0 Å². The number of fused-ring (bicyclic) bond motifs is 1. The number of urea groups is 1. The molecule has 31 heavy (non-hydrogen) atoms. The zero-order valence-electron chi connectivity index (χ0n) is 17.4. The van der Waals surface area contributed by atoms with Gasteiger partial charge in [-0.25, -0.2) is 14.5 Å². The number of aryl methyl sites for hydroxylation is 1. The predicted octanol–water partition coefficient (Wildman–Crippen LogP) is 0.600. The molecular formula is C21H24N4O6. The Bertz CT molecular complexity index is 982. The number of aliphatic hydroxyl groups excluding tert-OH is 1. The van der Waals surface area contributed by atoms with E-state index in [1.165, 1.54) is 16.9 Å². The van der Waals surface area contributed by atoms with Gasteiger partial charge in [0.25, 0.3) is 11.8 Å². The fraction of sp³-hybridized carbons (Fsp3) is 0.429. The highest BCUT2D eigenvalue weighted by Gasteiger charge is 2.48. The van der Waals surface area contributed by atoms with E-state index in [0.29, 0.717) is 24.3 Å². The molecule has 10 nitrogen and oxygen atoms in total. The molecular weight excluding hydrogens is 404 g/mol. The van der Waals surface area contributed by atoms with Crippen molar-refractivity contribution < 1.29 is 29.0 Å². The van der Waals surface area contributed by atoms with E-state index >= 15 is 0 Å². The van der Waals surface area contributed by atoms with Crippen LogP contribution in [0.1, 0.15) is 18.4 Å². The van der Waals surface area contributed by atoms with Gasteiger partial charge in [-0.2, -0.15) is 0 Å². The zero-order valence-corrected chi connectivity index (χ0v) is 17.4. The van der Waals surface area contributed by atoms with Crippen LogP contribution in [0.5, 0.6) is 0 Å². The van der Waals surface area contributed by atoms with Gasteiger partial charge in [-0.05, 0) is 37.5 Å². The van der Waals surface area contributed by atoms with Gasteiger partial charge in [-0.15, -0.1) is 0 Å². The minimum Gasteiger partial charge on any atom is -0.466 e. The number of hydrogen-bond donors (Lipinski definition) is 2. The van der Waals surface area contributed by atoms with Crippen molar-refractivity contribution in [2.45, 2.75) is 25.8 Å². The molecule has 1 atom stereocenters. The highest BCUT2D eigenvalue weighted by Crippen LogP contribution is 2.35. The van der Waals surface area contributed by atoms with Crippen molar-refractivity contribution in [1.29, 1.82) is 0 Å². The Kier molecular flexibility index (Phi) is 5.40. The standard InChI is InChI=1S/C21H24N4O6/c1-12-5-6-13(10-16(12)25-18(27)15-4-3-7-24(15)21(25)30)22-17-14(20(29)31-2)11-23(8-9-26)19(17)28/h5-6,10,15,22,26H,3-4,7-9,11H2,1-2H3. The topological polar surface area (TPSA) is 119 Å². The van der Waals surface area contributed by atoms with Gasteiger partial charge in [0, 0.05) is 18.8 Å². The summed E-state index contributed by atoms with van der Waals surface area (Å²) in [7, 11) is 1.23. The molecule has 10 heteroatoms. The van der Waals surface area contributed by atoms with Crippen molar-refractivity contribution in [2.24, 2.45) is 0 Å². The Labute approximate surface area is 179 Å². The van der Waals surface area contributed by atoms with E-state index in [-0.39, 0.29) is 42.9 Å². The molecule has 0 aliphatic carbocycles. The summed E-state index contributed by atoms with van der Waals surface area (Å²) in [5, 5.41) is 12.1. The number of amides is 4. The number of methoxy groups -OCH3 is 1. The second-order valence-electron chi connectivity index (χ2n) is 7.73. The number of aliphatic hydroxyl groups is 1. The highest BCUT2D eigenvalue weighted by atomic mass is 16.5. The lowest BCUT2D eigenvalue weighted by Gasteiger charge is -2.19. The first-order valence-electron chi connectivity index (χ1n) is 10.1. The molecule has 0 saturated carbocycles. The largest absolute Gasteiger partial charge is 0.466 e. The van der Waals surface area contributed by atoms with Crippen molar-refractivity contribution in [1.82, 2.24) is 9.80 Å². The minimum atomic E-state index is -0.644.